The van der Waals surface area contributed by atoms with Gasteiger partial charge in [0.15, 0.2) is 5.69 Å². The number of nitrogens with zero attached hydrogens (tertiary/aromatic N) is 1. The molecule has 0 spiro atoms. The summed E-state index contributed by atoms with van der Waals surface area (Å²) in [4.78, 5) is 22.5. The number of carbonyl (C=O) groups is 2. The minimum atomic E-state index is -1.11. The predicted octanol–water partition coefficient (Wildman–Crippen LogP) is 2.62. The monoisotopic (exact) mass is 292 g/mol. The third-order valence-electron chi connectivity index (χ3n) is 2.33. The summed E-state index contributed by atoms with van der Waals surface area (Å²) in [5.74, 6) is -0.240. The Kier molecular flexibility index (Phi) is 4.41. The molecule has 7 heteroatoms. The molecule has 2 aromatic rings. The van der Waals surface area contributed by atoms with E-state index in [1.54, 1.807) is 12.1 Å². The fourth-order valence-corrected chi connectivity index (χ4v) is 2.25. The first-order chi connectivity index (χ1) is 9.54. The van der Waals surface area contributed by atoms with E-state index in [1.807, 2.05) is 12.1 Å². The van der Waals surface area contributed by atoms with E-state index in [0.29, 0.717) is 11.5 Å². The fourth-order valence-electron chi connectivity index (χ4n) is 1.47. The molecule has 0 aliphatic heterocycles. The number of aromatic nitrogens is 1. The van der Waals surface area contributed by atoms with Crippen LogP contribution in [-0.2, 0) is 10.5 Å². The first kappa shape index (κ1) is 14.1. The molecular weight excluding hydrogens is 280 g/mol. The molecule has 0 aliphatic rings. The molecule has 0 fully saturated rings. The summed E-state index contributed by atoms with van der Waals surface area (Å²) in [5, 5.41) is 14.8. The van der Waals surface area contributed by atoms with Crippen LogP contribution in [0.25, 0.3) is 0 Å². The minimum Gasteiger partial charge on any atom is -0.476 e. The lowest BCUT2D eigenvalue weighted by Gasteiger charge is -2.03. The zero-order valence-corrected chi connectivity index (χ0v) is 11.4. The lowest BCUT2D eigenvalue weighted by atomic mass is 10.3. The molecule has 1 aromatic carbocycles. The zero-order valence-electron chi connectivity index (χ0n) is 10.6. The Morgan fingerprint density at radius 2 is 2.05 bits per heavy atom. The van der Waals surface area contributed by atoms with Crippen LogP contribution in [0.1, 0.15) is 23.2 Å². The number of rotatable bonds is 5. The van der Waals surface area contributed by atoms with Crippen molar-refractivity contribution in [2.24, 2.45) is 0 Å². The molecule has 0 atom stereocenters. The topological polar surface area (TPSA) is 92.4 Å². The van der Waals surface area contributed by atoms with Crippen molar-refractivity contribution in [3.8, 4) is 0 Å². The largest absolute Gasteiger partial charge is 0.476 e. The lowest BCUT2D eigenvalue weighted by molar-refractivity contribution is -0.114. The van der Waals surface area contributed by atoms with Crippen molar-refractivity contribution in [1.82, 2.24) is 5.16 Å². The highest BCUT2D eigenvalue weighted by molar-refractivity contribution is 7.98. The number of hydrogen-bond donors (Lipinski definition) is 2. The van der Waals surface area contributed by atoms with Gasteiger partial charge in [-0.2, -0.15) is 0 Å². The van der Waals surface area contributed by atoms with E-state index < -0.39 is 5.97 Å². The molecular formula is C13H12N2O4S. The number of carbonyl (C=O) groups excluding carboxylic acids is 1. The summed E-state index contributed by atoms with van der Waals surface area (Å²) in [6.45, 7) is 1.45. The van der Waals surface area contributed by atoms with E-state index in [1.165, 1.54) is 24.8 Å². The average molecular weight is 292 g/mol. The number of carboxylic acid groups (broad SMARTS) is 1. The molecule has 1 aromatic heterocycles. The third-order valence-corrected chi connectivity index (χ3v) is 3.37. The Labute approximate surface area is 119 Å². The second-order valence-electron chi connectivity index (χ2n) is 3.98. The summed E-state index contributed by atoms with van der Waals surface area (Å²) >= 11 is 1.49. The normalized spacial score (nSPS) is 10.2. The zero-order chi connectivity index (χ0) is 14.5. The van der Waals surface area contributed by atoms with Crippen LogP contribution in [-0.4, -0.2) is 22.1 Å². The minimum absolute atomic E-state index is 0.0957. The number of hydrogen-bond acceptors (Lipinski definition) is 5. The van der Waals surface area contributed by atoms with Crippen molar-refractivity contribution in [3.63, 3.8) is 0 Å². The van der Waals surface area contributed by atoms with Gasteiger partial charge in [-0.15, -0.1) is 11.8 Å². The van der Waals surface area contributed by atoms with Gasteiger partial charge in [0, 0.05) is 23.6 Å². The predicted molar refractivity (Wildman–Crippen MR) is 73.8 cm³/mol. The van der Waals surface area contributed by atoms with E-state index >= 15 is 0 Å². The molecule has 1 heterocycles. The second-order valence-corrected chi connectivity index (χ2v) is 5.03. The van der Waals surface area contributed by atoms with Crippen LogP contribution in [0.4, 0.5) is 5.69 Å². The van der Waals surface area contributed by atoms with E-state index in [2.05, 4.69) is 10.5 Å². The van der Waals surface area contributed by atoms with Gasteiger partial charge in [-0.3, -0.25) is 4.79 Å². The van der Waals surface area contributed by atoms with E-state index in [9.17, 15) is 9.59 Å². The first-order valence-electron chi connectivity index (χ1n) is 5.74. The van der Waals surface area contributed by atoms with Crippen LogP contribution in [0.5, 0.6) is 0 Å². The van der Waals surface area contributed by atoms with Crippen molar-refractivity contribution in [2.75, 3.05) is 5.32 Å². The number of aromatic carboxylic acids is 1. The number of anilines is 1. The van der Waals surface area contributed by atoms with Crippen LogP contribution in [0.3, 0.4) is 0 Å². The summed E-state index contributed by atoms with van der Waals surface area (Å²) < 4.78 is 4.92. The fraction of sp³-hybridized carbons (Fsp3) is 0.154. The highest BCUT2D eigenvalue weighted by atomic mass is 32.2. The highest BCUT2D eigenvalue weighted by Crippen LogP contribution is 2.24. The van der Waals surface area contributed by atoms with Gasteiger partial charge in [0.05, 0.1) is 5.75 Å². The molecule has 1 amide bonds. The maximum absolute atomic E-state index is 10.9. The van der Waals surface area contributed by atoms with Crippen molar-refractivity contribution >= 4 is 29.3 Å². The number of thioether (sulfide) groups is 1. The van der Waals surface area contributed by atoms with Crippen molar-refractivity contribution in [1.29, 1.82) is 0 Å². The van der Waals surface area contributed by atoms with Crippen LogP contribution < -0.4 is 5.32 Å². The number of amides is 1. The summed E-state index contributed by atoms with van der Waals surface area (Å²) in [6.07, 6.45) is 0. The molecule has 0 bridgehead atoms. The van der Waals surface area contributed by atoms with Crippen molar-refractivity contribution in [2.45, 2.75) is 17.6 Å². The number of nitrogens with one attached hydrogen (secondary N) is 1. The Hall–Kier alpha value is -2.28. The number of carboxylic acids is 1. The van der Waals surface area contributed by atoms with Gasteiger partial charge in [-0.25, -0.2) is 4.79 Å². The molecule has 20 heavy (non-hydrogen) atoms. The average Bonchev–Trinajstić information content (AvgIpc) is 2.86. The second kappa shape index (κ2) is 6.25. The van der Waals surface area contributed by atoms with E-state index in [0.717, 1.165) is 10.6 Å². The SMILES string of the molecule is CC(=O)Nc1ccc(SCc2cc(C(=O)O)no2)cc1. The maximum atomic E-state index is 10.9. The van der Waals surface area contributed by atoms with Crippen molar-refractivity contribution < 1.29 is 19.2 Å². The van der Waals surface area contributed by atoms with Gasteiger partial charge in [0.1, 0.15) is 5.76 Å². The maximum Gasteiger partial charge on any atom is 0.358 e. The molecule has 0 unspecified atom stereocenters. The first-order valence-corrected chi connectivity index (χ1v) is 6.72. The number of benzene rings is 1. The quantitative estimate of drug-likeness (QED) is 0.823. The molecule has 0 radical (unpaired) electrons. The lowest BCUT2D eigenvalue weighted by Crippen LogP contribution is -2.05. The van der Waals surface area contributed by atoms with Crippen LogP contribution in [0, 0.1) is 0 Å². The Morgan fingerprint density at radius 3 is 2.60 bits per heavy atom. The molecule has 2 rings (SSSR count). The third kappa shape index (κ3) is 3.86. The Morgan fingerprint density at radius 1 is 1.35 bits per heavy atom. The standard InChI is InChI=1S/C13H12N2O4S/c1-8(16)14-9-2-4-11(5-3-9)20-7-10-6-12(13(17)18)15-19-10/h2-6H,7H2,1H3,(H,14,16)(H,17,18). The molecule has 2 N–H and O–H groups in total. The van der Waals surface area contributed by atoms with Gasteiger partial charge in [0.25, 0.3) is 0 Å². The van der Waals surface area contributed by atoms with Gasteiger partial charge < -0.3 is 14.9 Å². The molecule has 0 saturated carbocycles. The van der Waals surface area contributed by atoms with Gasteiger partial charge in [-0.1, -0.05) is 5.16 Å². The van der Waals surface area contributed by atoms with Crippen molar-refractivity contribution in [3.05, 3.63) is 41.8 Å². The van der Waals surface area contributed by atoms with Gasteiger partial charge in [-0.05, 0) is 24.3 Å². The highest BCUT2D eigenvalue weighted by Gasteiger charge is 2.10. The smallest absolute Gasteiger partial charge is 0.358 e. The Bertz CT molecular complexity index is 622. The van der Waals surface area contributed by atoms with Crippen LogP contribution >= 0.6 is 11.8 Å². The molecule has 6 nitrogen and oxygen atoms in total. The summed E-state index contributed by atoms with van der Waals surface area (Å²) in [6, 6.07) is 8.73. The molecule has 0 saturated heterocycles. The summed E-state index contributed by atoms with van der Waals surface area (Å²) in [7, 11) is 0. The Balaban J connectivity index is 1.93. The van der Waals surface area contributed by atoms with Crippen LogP contribution in [0.15, 0.2) is 39.8 Å². The summed E-state index contributed by atoms with van der Waals surface area (Å²) in [5.41, 5.74) is 0.635. The van der Waals surface area contributed by atoms with Gasteiger partial charge in [0.2, 0.25) is 5.91 Å². The van der Waals surface area contributed by atoms with E-state index in [4.69, 9.17) is 9.63 Å². The van der Waals surface area contributed by atoms with E-state index in [-0.39, 0.29) is 11.6 Å². The molecule has 0 aliphatic carbocycles. The molecule has 104 valence electrons. The van der Waals surface area contributed by atoms with Crippen LogP contribution in [0.2, 0.25) is 0 Å². The van der Waals surface area contributed by atoms with Gasteiger partial charge >= 0.3 is 5.97 Å².